The van der Waals surface area contributed by atoms with Crippen LogP contribution in [0.5, 0.6) is 0 Å². The van der Waals surface area contributed by atoms with Gasteiger partial charge in [-0.15, -0.1) is 0 Å². The van der Waals surface area contributed by atoms with Gasteiger partial charge in [0, 0.05) is 24.8 Å². The number of esters is 1. The highest BCUT2D eigenvalue weighted by molar-refractivity contribution is 5.93. The fourth-order valence-electron chi connectivity index (χ4n) is 2.37. The van der Waals surface area contributed by atoms with Crippen LogP contribution in [-0.4, -0.2) is 55.5 Å². The van der Waals surface area contributed by atoms with Gasteiger partial charge in [0.05, 0.1) is 20.1 Å². The van der Waals surface area contributed by atoms with E-state index in [9.17, 15) is 23.2 Å². The van der Waals surface area contributed by atoms with Crippen molar-refractivity contribution < 1.29 is 27.9 Å². The number of amides is 2. The van der Waals surface area contributed by atoms with E-state index in [-0.39, 0.29) is 24.6 Å². The Balaban J connectivity index is 2.00. The molecule has 0 unspecified atom stereocenters. The lowest BCUT2D eigenvalue weighted by atomic mass is 10.1. The van der Waals surface area contributed by atoms with E-state index in [0.29, 0.717) is 13.1 Å². The molecular formula is C15H17F2N3O4. The monoisotopic (exact) mass is 341 g/mol. The van der Waals surface area contributed by atoms with Crippen LogP contribution < -0.4 is 10.6 Å². The number of nitrogens with zero attached hydrogens (tertiary/aromatic N) is 1. The summed E-state index contributed by atoms with van der Waals surface area (Å²) in [5, 5.41) is 5.04. The van der Waals surface area contributed by atoms with E-state index < -0.39 is 29.6 Å². The van der Waals surface area contributed by atoms with Crippen molar-refractivity contribution in [3.8, 4) is 0 Å². The first kappa shape index (κ1) is 17.8. The maximum absolute atomic E-state index is 13.1. The molecule has 0 spiro atoms. The fourth-order valence-corrected chi connectivity index (χ4v) is 2.37. The summed E-state index contributed by atoms with van der Waals surface area (Å²) in [5.41, 5.74) is 0.102. The molecule has 1 aliphatic rings. The van der Waals surface area contributed by atoms with Crippen LogP contribution in [0.15, 0.2) is 18.2 Å². The molecule has 1 aromatic rings. The first-order valence-corrected chi connectivity index (χ1v) is 7.24. The maximum atomic E-state index is 13.1. The van der Waals surface area contributed by atoms with Gasteiger partial charge in [-0.2, -0.15) is 0 Å². The minimum absolute atomic E-state index is 0.102. The van der Waals surface area contributed by atoms with Gasteiger partial charge in [-0.05, 0) is 12.1 Å². The molecule has 2 rings (SSSR count). The first-order valence-electron chi connectivity index (χ1n) is 7.24. The van der Waals surface area contributed by atoms with Gasteiger partial charge in [0.2, 0.25) is 11.8 Å². The Bertz CT molecular complexity index is 654. The van der Waals surface area contributed by atoms with Crippen molar-refractivity contribution in [2.45, 2.75) is 12.5 Å². The van der Waals surface area contributed by atoms with Crippen LogP contribution in [0.3, 0.4) is 0 Å². The molecule has 2 amide bonds. The zero-order chi connectivity index (χ0) is 17.7. The number of benzene rings is 1. The molecule has 1 aliphatic heterocycles. The summed E-state index contributed by atoms with van der Waals surface area (Å²) in [4.78, 5) is 36.9. The molecule has 0 aromatic heterocycles. The number of hydrogen-bond acceptors (Lipinski definition) is 5. The molecule has 1 saturated heterocycles. The fraction of sp³-hybridized carbons (Fsp3) is 0.400. The normalized spacial score (nSPS) is 18.0. The smallest absolute Gasteiger partial charge is 0.307 e. The molecule has 130 valence electrons. The number of ether oxygens (including phenoxy) is 1. The number of carbonyl (C=O) groups is 3. The third-order valence-electron chi connectivity index (χ3n) is 3.58. The highest BCUT2D eigenvalue weighted by Gasteiger charge is 2.33. The number of halogens is 2. The van der Waals surface area contributed by atoms with Crippen LogP contribution in [0.2, 0.25) is 0 Å². The first-order chi connectivity index (χ1) is 11.4. The Hall–Kier alpha value is -2.55. The van der Waals surface area contributed by atoms with Gasteiger partial charge >= 0.3 is 5.97 Å². The number of piperazine rings is 1. The van der Waals surface area contributed by atoms with E-state index in [2.05, 4.69) is 15.4 Å². The Kier molecular flexibility index (Phi) is 5.80. The van der Waals surface area contributed by atoms with Crippen LogP contribution in [0.1, 0.15) is 6.42 Å². The second-order valence-corrected chi connectivity index (χ2v) is 5.23. The van der Waals surface area contributed by atoms with E-state index in [0.717, 1.165) is 12.1 Å². The van der Waals surface area contributed by atoms with Crippen LogP contribution in [-0.2, 0) is 19.1 Å². The SMILES string of the molecule is COC(=O)C[C@H]1C(=O)NCCN1CC(=O)Nc1ccc(F)c(F)c1. The van der Waals surface area contributed by atoms with Gasteiger partial charge in [0.15, 0.2) is 11.6 Å². The highest BCUT2D eigenvalue weighted by atomic mass is 19.2. The summed E-state index contributed by atoms with van der Waals surface area (Å²) in [6, 6.07) is 2.17. The summed E-state index contributed by atoms with van der Waals surface area (Å²) in [5.74, 6) is -3.53. The molecule has 2 N–H and O–H groups in total. The average molecular weight is 341 g/mol. The molecule has 0 radical (unpaired) electrons. The molecule has 9 heteroatoms. The summed E-state index contributed by atoms with van der Waals surface area (Å²) in [6.45, 7) is 0.543. The second kappa shape index (κ2) is 7.82. The van der Waals surface area contributed by atoms with Crippen LogP contribution >= 0.6 is 0 Å². The Morgan fingerprint density at radius 2 is 2.12 bits per heavy atom. The molecular weight excluding hydrogens is 324 g/mol. The number of nitrogens with one attached hydrogen (secondary N) is 2. The van der Waals surface area contributed by atoms with E-state index in [1.807, 2.05) is 0 Å². The minimum Gasteiger partial charge on any atom is -0.469 e. The molecule has 0 aliphatic carbocycles. The molecule has 1 atom stereocenters. The number of carbonyl (C=O) groups excluding carboxylic acids is 3. The number of hydrogen-bond donors (Lipinski definition) is 2. The Labute approximate surface area is 136 Å². The lowest BCUT2D eigenvalue weighted by Crippen LogP contribution is -2.57. The van der Waals surface area contributed by atoms with Crippen LogP contribution in [0, 0.1) is 11.6 Å². The van der Waals surface area contributed by atoms with Crippen molar-refractivity contribution in [2.75, 3.05) is 32.1 Å². The molecule has 24 heavy (non-hydrogen) atoms. The van der Waals surface area contributed by atoms with Crippen LogP contribution in [0.4, 0.5) is 14.5 Å². The maximum Gasteiger partial charge on any atom is 0.307 e. The molecule has 1 fully saturated rings. The highest BCUT2D eigenvalue weighted by Crippen LogP contribution is 2.14. The third kappa shape index (κ3) is 4.48. The summed E-state index contributed by atoms with van der Waals surface area (Å²) in [6.07, 6.45) is -0.180. The van der Waals surface area contributed by atoms with Gasteiger partial charge in [-0.25, -0.2) is 8.78 Å². The summed E-state index contributed by atoms with van der Waals surface area (Å²) in [7, 11) is 1.21. The van der Waals surface area contributed by atoms with Crippen molar-refractivity contribution in [3.05, 3.63) is 29.8 Å². The predicted octanol–water partition coefficient (Wildman–Crippen LogP) is 0.267. The van der Waals surface area contributed by atoms with E-state index in [4.69, 9.17) is 0 Å². The zero-order valence-electron chi connectivity index (χ0n) is 13.0. The molecule has 1 heterocycles. The van der Waals surface area contributed by atoms with Gasteiger partial charge in [0.1, 0.15) is 6.04 Å². The van der Waals surface area contributed by atoms with Crippen molar-refractivity contribution in [1.82, 2.24) is 10.2 Å². The number of rotatable bonds is 5. The predicted molar refractivity (Wildman–Crippen MR) is 80.0 cm³/mol. The lowest BCUT2D eigenvalue weighted by Gasteiger charge is -2.33. The van der Waals surface area contributed by atoms with Gasteiger partial charge < -0.3 is 15.4 Å². The number of methoxy groups -OCH3 is 1. The quantitative estimate of drug-likeness (QED) is 0.751. The summed E-state index contributed by atoms with van der Waals surface area (Å²) < 4.78 is 30.6. The topological polar surface area (TPSA) is 87.7 Å². The zero-order valence-corrected chi connectivity index (χ0v) is 13.0. The molecule has 7 nitrogen and oxygen atoms in total. The second-order valence-electron chi connectivity index (χ2n) is 5.23. The van der Waals surface area contributed by atoms with Crippen molar-refractivity contribution in [3.63, 3.8) is 0 Å². The van der Waals surface area contributed by atoms with E-state index >= 15 is 0 Å². The van der Waals surface area contributed by atoms with Crippen molar-refractivity contribution in [1.29, 1.82) is 0 Å². The Morgan fingerprint density at radius 3 is 2.79 bits per heavy atom. The molecule has 0 bridgehead atoms. The van der Waals surface area contributed by atoms with Gasteiger partial charge in [-0.3, -0.25) is 19.3 Å². The molecule has 0 saturated carbocycles. The van der Waals surface area contributed by atoms with Gasteiger partial charge in [0.25, 0.3) is 0 Å². The van der Waals surface area contributed by atoms with Crippen LogP contribution in [0.25, 0.3) is 0 Å². The van der Waals surface area contributed by atoms with Crippen molar-refractivity contribution >= 4 is 23.5 Å². The Morgan fingerprint density at radius 1 is 1.38 bits per heavy atom. The van der Waals surface area contributed by atoms with E-state index in [1.165, 1.54) is 18.1 Å². The number of anilines is 1. The average Bonchev–Trinajstić information content (AvgIpc) is 2.54. The summed E-state index contributed by atoms with van der Waals surface area (Å²) >= 11 is 0. The third-order valence-corrected chi connectivity index (χ3v) is 3.58. The largest absolute Gasteiger partial charge is 0.469 e. The standard InChI is InChI=1S/C15H17F2N3O4/c1-24-14(22)7-12-15(23)18-4-5-20(12)8-13(21)19-9-2-3-10(16)11(17)6-9/h2-3,6,12H,4-5,7-8H2,1H3,(H,18,23)(H,19,21)/t12-/m0/s1. The van der Waals surface area contributed by atoms with Crippen molar-refractivity contribution in [2.24, 2.45) is 0 Å². The van der Waals surface area contributed by atoms with E-state index in [1.54, 1.807) is 0 Å². The lowest BCUT2D eigenvalue weighted by molar-refractivity contribution is -0.146. The molecule has 1 aromatic carbocycles. The van der Waals surface area contributed by atoms with Gasteiger partial charge in [-0.1, -0.05) is 0 Å². The minimum atomic E-state index is -1.08.